The van der Waals surface area contributed by atoms with Gasteiger partial charge in [0.2, 0.25) is 0 Å². The first kappa shape index (κ1) is 13.9. The first-order valence-corrected chi connectivity index (χ1v) is 6.74. The van der Waals surface area contributed by atoms with Gasteiger partial charge in [0.1, 0.15) is 12.7 Å². The second kappa shape index (κ2) is 6.57. The molecule has 0 radical (unpaired) electrons. The molecule has 0 bridgehead atoms. The lowest BCUT2D eigenvalue weighted by Crippen LogP contribution is -2.40. The van der Waals surface area contributed by atoms with Gasteiger partial charge in [0, 0.05) is 0 Å². The number of nitrogens with one attached hydrogen (secondary N) is 1. The van der Waals surface area contributed by atoms with Crippen LogP contribution in [-0.2, 0) is 16.1 Å². The zero-order chi connectivity index (χ0) is 13.7. The third-order valence-electron chi connectivity index (χ3n) is 3.05. The number of benzene rings is 1. The van der Waals surface area contributed by atoms with E-state index in [0.717, 1.165) is 18.6 Å². The van der Waals surface area contributed by atoms with Crippen LogP contribution in [0.5, 0.6) is 0 Å². The molecular weight excluding hydrogens is 242 g/mol. The van der Waals surface area contributed by atoms with Crippen LogP contribution >= 0.6 is 0 Å². The fraction of sp³-hybridized carbons (Fsp3) is 0.533. The lowest BCUT2D eigenvalue weighted by molar-refractivity contribution is 0.131. The van der Waals surface area contributed by atoms with Crippen LogP contribution in [-0.4, -0.2) is 24.8 Å². The summed E-state index contributed by atoms with van der Waals surface area (Å²) in [5.74, 6) is 0.517. The van der Waals surface area contributed by atoms with E-state index in [1.165, 1.54) is 0 Å². The maximum Gasteiger partial charge on any atom is 0.407 e. The zero-order valence-electron chi connectivity index (χ0n) is 11.5. The average molecular weight is 263 g/mol. The Morgan fingerprint density at radius 3 is 2.68 bits per heavy atom. The first-order valence-electron chi connectivity index (χ1n) is 6.74. The summed E-state index contributed by atoms with van der Waals surface area (Å²) in [7, 11) is 0. The van der Waals surface area contributed by atoms with Gasteiger partial charge in [-0.15, -0.1) is 0 Å². The summed E-state index contributed by atoms with van der Waals surface area (Å²) >= 11 is 0. The van der Waals surface area contributed by atoms with Crippen molar-refractivity contribution in [3.8, 4) is 0 Å². The molecule has 0 saturated carbocycles. The fourth-order valence-corrected chi connectivity index (χ4v) is 2.02. The van der Waals surface area contributed by atoms with Crippen molar-refractivity contribution in [1.29, 1.82) is 0 Å². The highest BCUT2D eigenvalue weighted by Crippen LogP contribution is 2.20. The number of carbonyl (C=O) groups is 1. The molecular formula is C15H21NO3. The van der Waals surface area contributed by atoms with Gasteiger partial charge in [0.05, 0.1) is 12.6 Å². The molecule has 104 valence electrons. The lowest BCUT2D eigenvalue weighted by atomic mass is 10.0. The number of ether oxygens (including phenoxy) is 2. The third kappa shape index (κ3) is 4.91. The number of alkyl carbamates (subject to hydrolysis) is 1. The van der Waals surface area contributed by atoms with Crippen molar-refractivity contribution < 1.29 is 14.3 Å². The topological polar surface area (TPSA) is 50.9 Å². The maximum absolute atomic E-state index is 11.8. The summed E-state index contributed by atoms with van der Waals surface area (Å²) in [4.78, 5) is 11.8. The maximum atomic E-state index is 11.8. The van der Waals surface area contributed by atoms with Gasteiger partial charge in [0.25, 0.3) is 0 Å². The standard InChI is InChI=1S/C15H21NO3/c1-11(2)8-13(14-10-18-14)16-15(17)19-9-12-6-4-3-5-7-12/h3-7,11,13-14H,8-10H2,1-2H3,(H,16,17)/t13-,14+/m1/s1. The van der Waals surface area contributed by atoms with E-state index in [9.17, 15) is 4.79 Å². The van der Waals surface area contributed by atoms with Crippen molar-refractivity contribution in [2.75, 3.05) is 6.61 Å². The van der Waals surface area contributed by atoms with Gasteiger partial charge in [-0.2, -0.15) is 0 Å². The van der Waals surface area contributed by atoms with Gasteiger partial charge in [-0.1, -0.05) is 44.2 Å². The minimum Gasteiger partial charge on any atom is -0.445 e. The molecule has 0 spiro atoms. The Labute approximate surface area is 114 Å². The number of amides is 1. The van der Waals surface area contributed by atoms with Crippen LogP contribution in [0.4, 0.5) is 4.79 Å². The molecule has 1 aromatic carbocycles. The minimum absolute atomic E-state index is 0.0586. The van der Waals surface area contributed by atoms with Crippen LogP contribution in [0.3, 0.4) is 0 Å². The van der Waals surface area contributed by atoms with Crippen LogP contribution in [0.25, 0.3) is 0 Å². The molecule has 19 heavy (non-hydrogen) atoms. The van der Waals surface area contributed by atoms with Crippen LogP contribution in [0, 0.1) is 5.92 Å². The monoisotopic (exact) mass is 263 g/mol. The van der Waals surface area contributed by atoms with Crippen LogP contribution in [0.2, 0.25) is 0 Å². The third-order valence-corrected chi connectivity index (χ3v) is 3.05. The normalized spacial score (nSPS) is 19.0. The Bertz CT molecular complexity index is 401. The quantitative estimate of drug-likeness (QED) is 0.803. The summed E-state index contributed by atoms with van der Waals surface area (Å²) in [5.41, 5.74) is 0.987. The molecule has 0 aliphatic carbocycles. The van der Waals surface area contributed by atoms with Crippen LogP contribution in [0.15, 0.2) is 30.3 Å². The van der Waals surface area contributed by atoms with E-state index < -0.39 is 0 Å². The molecule has 1 heterocycles. The Morgan fingerprint density at radius 2 is 2.11 bits per heavy atom. The summed E-state index contributed by atoms with van der Waals surface area (Å²) < 4.78 is 10.5. The Morgan fingerprint density at radius 1 is 1.42 bits per heavy atom. The number of epoxide rings is 1. The molecule has 1 fully saturated rings. The number of carbonyl (C=O) groups excluding carboxylic acids is 1. The van der Waals surface area contributed by atoms with Crippen LogP contribution < -0.4 is 5.32 Å². The molecule has 2 rings (SSSR count). The van der Waals surface area contributed by atoms with Crippen molar-refractivity contribution in [1.82, 2.24) is 5.32 Å². The summed E-state index contributed by atoms with van der Waals surface area (Å²) in [6.07, 6.45) is 0.696. The van der Waals surface area contributed by atoms with E-state index in [0.29, 0.717) is 12.5 Å². The van der Waals surface area contributed by atoms with Crippen LogP contribution in [0.1, 0.15) is 25.8 Å². The zero-order valence-corrected chi connectivity index (χ0v) is 11.5. The fourth-order valence-electron chi connectivity index (χ4n) is 2.02. The van der Waals surface area contributed by atoms with E-state index in [1.54, 1.807) is 0 Å². The molecule has 1 aromatic rings. The SMILES string of the molecule is CC(C)C[C@@H](NC(=O)OCc1ccccc1)[C@@H]1CO1. The molecule has 2 atom stereocenters. The highest BCUT2D eigenvalue weighted by atomic mass is 16.6. The summed E-state index contributed by atoms with van der Waals surface area (Å²) in [6, 6.07) is 9.72. The number of rotatable bonds is 6. The Hall–Kier alpha value is -1.55. The molecule has 1 aliphatic heterocycles. The molecule has 1 N–H and O–H groups in total. The highest BCUT2D eigenvalue weighted by Gasteiger charge is 2.34. The minimum atomic E-state index is -0.370. The van der Waals surface area contributed by atoms with Gasteiger partial charge in [-0.25, -0.2) is 4.79 Å². The van der Waals surface area contributed by atoms with Crippen molar-refractivity contribution in [2.24, 2.45) is 5.92 Å². The largest absolute Gasteiger partial charge is 0.445 e. The summed E-state index contributed by atoms with van der Waals surface area (Å²) in [6.45, 7) is 5.29. The van der Waals surface area contributed by atoms with Crippen molar-refractivity contribution in [3.05, 3.63) is 35.9 Å². The number of hydrogen-bond donors (Lipinski definition) is 1. The molecule has 1 saturated heterocycles. The second-order valence-corrected chi connectivity index (χ2v) is 5.31. The van der Waals surface area contributed by atoms with E-state index in [1.807, 2.05) is 30.3 Å². The number of hydrogen-bond acceptors (Lipinski definition) is 3. The van der Waals surface area contributed by atoms with Gasteiger partial charge >= 0.3 is 6.09 Å². The second-order valence-electron chi connectivity index (χ2n) is 5.31. The smallest absolute Gasteiger partial charge is 0.407 e. The van der Waals surface area contributed by atoms with Gasteiger partial charge in [-0.05, 0) is 17.9 Å². The van der Waals surface area contributed by atoms with Crippen molar-refractivity contribution in [2.45, 2.75) is 39.0 Å². The Balaban J connectivity index is 1.76. The molecule has 0 unspecified atom stereocenters. The van der Waals surface area contributed by atoms with E-state index in [-0.39, 0.29) is 18.2 Å². The van der Waals surface area contributed by atoms with Gasteiger partial charge in [0.15, 0.2) is 0 Å². The average Bonchev–Trinajstić information content (AvgIpc) is 3.20. The highest BCUT2D eigenvalue weighted by molar-refractivity contribution is 5.67. The predicted octanol–water partition coefficient (Wildman–Crippen LogP) is 2.73. The lowest BCUT2D eigenvalue weighted by Gasteiger charge is -2.18. The van der Waals surface area contributed by atoms with E-state index in [4.69, 9.17) is 9.47 Å². The van der Waals surface area contributed by atoms with E-state index >= 15 is 0 Å². The van der Waals surface area contributed by atoms with Gasteiger partial charge in [-0.3, -0.25) is 0 Å². The van der Waals surface area contributed by atoms with Crippen molar-refractivity contribution >= 4 is 6.09 Å². The van der Waals surface area contributed by atoms with E-state index in [2.05, 4.69) is 19.2 Å². The molecule has 4 heteroatoms. The molecule has 0 aromatic heterocycles. The first-order chi connectivity index (χ1) is 9.15. The van der Waals surface area contributed by atoms with Gasteiger partial charge < -0.3 is 14.8 Å². The summed E-state index contributed by atoms with van der Waals surface area (Å²) in [5, 5.41) is 2.89. The molecule has 1 aliphatic rings. The van der Waals surface area contributed by atoms with Crippen molar-refractivity contribution in [3.63, 3.8) is 0 Å². The Kier molecular flexibility index (Phi) is 4.80. The molecule has 4 nitrogen and oxygen atoms in total. The predicted molar refractivity (Wildman–Crippen MR) is 72.7 cm³/mol. The molecule has 1 amide bonds.